The number of aromatic nitrogens is 2. The number of ether oxygens (including phenoxy) is 1. The molecule has 31 N–H and O–H groups in total. The topological polar surface area (TPSA) is 687 Å². The van der Waals surface area contributed by atoms with Gasteiger partial charge in [0.1, 0.15) is 54.1 Å². The van der Waals surface area contributed by atoms with E-state index in [0.717, 1.165) is 6.42 Å². The van der Waals surface area contributed by atoms with Gasteiger partial charge in [0, 0.05) is 61.4 Å². The van der Waals surface area contributed by atoms with Gasteiger partial charge in [-0.25, -0.2) is 9.78 Å². The van der Waals surface area contributed by atoms with Gasteiger partial charge in [-0.2, -0.15) is 25.3 Å². The van der Waals surface area contributed by atoms with E-state index in [9.17, 15) is 67.7 Å². The number of hydrogen-bond donors (Lipinski definition) is 24. The minimum Gasteiger partial charge on any atom is -0.497 e. The van der Waals surface area contributed by atoms with Gasteiger partial charge >= 0.3 is 11.9 Å². The van der Waals surface area contributed by atoms with Crippen LogP contribution in [0.3, 0.4) is 0 Å². The second-order valence-corrected chi connectivity index (χ2v) is 24.7. The Kier molecular flexibility index (Phi) is 37.5. The molecule has 0 aliphatic heterocycles. The predicted octanol–water partition coefficient (Wildman–Crippen LogP) is -8.02. The molecular weight excluding hydrogens is 1360 g/mol. The van der Waals surface area contributed by atoms with E-state index in [2.05, 4.69) is 95.7 Å². The lowest BCUT2D eigenvalue weighted by atomic mass is 9.82. The molecule has 9 atom stereocenters. The summed E-state index contributed by atoms with van der Waals surface area (Å²) in [4.78, 5) is 186. The predicted molar refractivity (Wildman–Crippen MR) is 377 cm³/mol. The lowest BCUT2D eigenvalue weighted by molar-refractivity contribution is -0.142. The van der Waals surface area contributed by atoms with E-state index >= 15 is 0 Å². The van der Waals surface area contributed by atoms with Crippen molar-refractivity contribution < 1.29 is 72.5 Å². The number of aromatic amines is 1. The molecule has 1 aromatic carbocycles. The second kappa shape index (κ2) is 44.6. The molecular formula is C59H97N25O15S2. The van der Waals surface area contributed by atoms with Gasteiger partial charge in [-0.05, 0) is 81.9 Å². The van der Waals surface area contributed by atoms with Gasteiger partial charge in [-0.3, -0.25) is 72.7 Å². The molecule has 2 aromatic rings. The first kappa shape index (κ1) is 84.8. The fourth-order valence-corrected chi connectivity index (χ4v) is 10.9. The van der Waals surface area contributed by atoms with Crippen molar-refractivity contribution in [1.82, 2.24) is 63.1 Å². The fourth-order valence-electron chi connectivity index (χ4n) is 10.1. The highest BCUT2D eigenvalue weighted by molar-refractivity contribution is 7.82. The lowest BCUT2D eigenvalue weighted by Gasteiger charge is -2.39. The number of aliphatic imine (C=N–C) groups is 4. The van der Waals surface area contributed by atoms with E-state index in [1.54, 1.807) is 0 Å². The van der Waals surface area contributed by atoms with Crippen LogP contribution < -0.4 is 110 Å². The SMILES string of the molecule is COc1ccc(C[C@H](NC(=O)[C@H](CC(=O)O)NC(=O)CNC(=O)[C@H](CCCN=C(N)N)NC(=O)[C@H](Cc2cnc[nH]2)NC(=O)CNC(=O)C(NC(=O)[C@@H](N)CCCN=C(N)N)C2(S)CCCCC2)C(=O)N[C@@H](CCCN=C(N)N)C(=O)N[C@@H](CS)C(=O)N[C@@H](CCCN=C(N)N)C(=O)O)cc1. The van der Waals surface area contributed by atoms with Gasteiger partial charge in [0.25, 0.3) is 0 Å². The van der Waals surface area contributed by atoms with E-state index in [1.807, 2.05) is 0 Å². The minimum absolute atomic E-state index is 0.0364. The first-order valence-electron chi connectivity index (χ1n) is 32.2. The van der Waals surface area contributed by atoms with E-state index in [0.29, 0.717) is 49.1 Å². The number of amides is 10. The zero-order valence-corrected chi connectivity index (χ0v) is 57.7. The molecule has 0 bridgehead atoms. The van der Waals surface area contributed by atoms with Crippen molar-refractivity contribution in [3.63, 3.8) is 0 Å². The quantitative estimate of drug-likeness (QED) is 0.0127. The molecule has 1 unspecified atom stereocenters. The highest BCUT2D eigenvalue weighted by Gasteiger charge is 2.43. The Morgan fingerprint density at radius 2 is 0.960 bits per heavy atom. The Balaban J connectivity index is 1.88. The van der Waals surface area contributed by atoms with Crippen LogP contribution in [-0.4, -0.2) is 226 Å². The molecule has 0 saturated heterocycles. The van der Waals surface area contributed by atoms with Crippen molar-refractivity contribution in [3.8, 4) is 5.75 Å². The summed E-state index contributed by atoms with van der Waals surface area (Å²) >= 11 is 9.05. The maximum atomic E-state index is 14.5. The smallest absolute Gasteiger partial charge is 0.326 e. The van der Waals surface area contributed by atoms with Crippen molar-refractivity contribution in [2.45, 2.75) is 162 Å². The lowest BCUT2D eigenvalue weighted by Crippen LogP contribution is -2.61. The largest absolute Gasteiger partial charge is 0.497 e. The molecule has 1 saturated carbocycles. The number of carboxylic acid groups (broad SMARTS) is 2. The molecule has 0 spiro atoms. The van der Waals surface area contributed by atoms with Crippen LogP contribution >= 0.6 is 25.3 Å². The van der Waals surface area contributed by atoms with Gasteiger partial charge < -0.3 is 125 Å². The molecule has 101 heavy (non-hydrogen) atoms. The number of carboxylic acids is 2. The average molecular weight is 1460 g/mol. The van der Waals surface area contributed by atoms with Gasteiger partial charge in [-0.15, -0.1) is 0 Å². The molecule has 10 amide bonds. The first-order valence-corrected chi connectivity index (χ1v) is 33.2. The molecule has 560 valence electrons. The third-order valence-electron chi connectivity index (χ3n) is 15.4. The summed E-state index contributed by atoms with van der Waals surface area (Å²) in [5.74, 6) is -13.6. The van der Waals surface area contributed by atoms with E-state index < -0.39 is 150 Å². The fraction of sp³-hybridized carbons (Fsp3) is 0.576. The van der Waals surface area contributed by atoms with E-state index in [4.69, 9.17) is 69.0 Å². The third-order valence-corrected chi connectivity index (χ3v) is 16.5. The Morgan fingerprint density at radius 3 is 1.44 bits per heavy atom. The number of thiol groups is 2. The average Bonchev–Trinajstić information content (AvgIpc) is 1.11. The van der Waals surface area contributed by atoms with Gasteiger partial charge in [0.2, 0.25) is 59.1 Å². The Hall–Kier alpha value is -10.4. The van der Waals surface area contributed by atoms with Crippen LogP contribution in [0.4, 0.5) is 0 Å². The number of hydrogen-bond acceptors (Lipinski definition) is 21. The summed E-state index contributed by atoms with van der Waals surface area (Å²) in [5.41, 5.74) is 50.4. The molecule has 42 heteroatoms. The van der Waals surface area contributed by atoms with Crippen LogP contribution in [-0.2, 0) is 70.4 Å². The molecule has 1 aliphatic carbocycles. The van der Waals surface area contributed by atoms with E-state index in [1.165, 1.54) is 43.9 Å². The van der Waals surface area contributed by atoms with Crippen molar-refractivity contribution >= 4 is 120 Å². The summed E-state index contributed by atoms with van der Waals surface area (Å²) in [6.45, 7) is -1.52. The Labute approximate surface area is 592 Å². The standard InChI is InChI=1S/C59H97N25O15S2/c1-99-33-15-13-31(14-16-33)23-38(49(92)80-36(11-7-21-72-57(65)66)48(91)83-41(29-100)52(95)81-37(54(97)98)12-8-22-73-58(67)68)82-51(94)40(25-44(87)88)78-42(85)27-74-47(90)35(10-6-20-71-56(63)64)79-50(93)39(24-32-26-69-30-76-32)77-43(86)28-75-53(96)45(59(101)17-3-2-4-18-59)84-46(89)34(60)9-5-19-70-55(61)62/h13-16,26,30,34-41,45,100-101H,2-12,17-25,27-29,60H2,1H3,(H,69,76)(H,74,90)(H,75,96)(H,77,86)(H,78,85)(H,79,93)(H,80,92)(H,81,95)(H,82,94)(H,83,91)(H,84,89)(H,87,88)(H,97,98)(H4,61,62,70)(H4,63,64,71)(H4,65,66,72)(H4,67,68,73)/t34-,35-,36-,37-,38-,39-,40-,41-,45?/m0/s1. The number of aliphatic carboxylic acids is 2. The van der Waals surface area contributed by atoms with Crippen LogP contribution in [0.25, 0.3) is 0 Å². The first-order chi connectivity index (χ1) is 47.8. The summed E-state index contributed by atoms with van der Waals surface area (Å²) in [6.07, 6.45) is 4.36. The third kappa shape index (κ3) is 32.9. The maximum Gasteiger partial charge on any atom is 0.326 e. The molecule has 3 rings (SSSR count). The number of nitrogens with one attached hydrogen (secondary N) is 11. The van der Waals surface area contributed by atoms with Crippen LogP contribution in [0.1, 0.15) is 101 Å². The van der Waals surface area contributed by atoms with E-state index in [-0.39, 0.29) is 114 Å². The Bertz CT molecular complexity index is 3210. The normalized spacial score (nSPS) is 14.9. The molecule has 1 aliphatic rings. The van der Waals surface area contributed by atoms with Crippen LogP contribution in [0, 0.1) is 0 Å². The molecule has 1 heterocycles. The number of imidazole rings is 1. The summed E-state index contributed by atoms with van der Waals surface area (Å²) < 4.78 is 4.22. The van der Waals surface area contributed by atoms with Crippen LogP contribution in [0.15, 0.2) is 56.8 Å². The monoisotopic (exact) mass is 1460 g/mol. The molecule has 1 aromatic heterocycles. The minimum atomic E-state index is -1.96. The Morgan fingerprint density at radius 1 is 0.535 bits per heavy atom. The highest BCUT2D eigenvalue weighted by Crippen LogP contribution is 2.37. The van der Waals surface area contributed by atoms with Crippen LogP contribution in [0.2, 0.25) is 0 Å². The number of benzene rings is 1. The van der Waals surface area contributed by atoms with Gasteiger partial charge in [0.05, 0.1) is 39.0 Å². The van der Waals surface area contributed by atoms with Crippen molar-refractivity contribution in [2.24, 2.45) is 71.6 Å². The molecule has 40 nitrogen and oxygen atoms in total. The molecule has 0 radical (unpaired) electrons. The molecule has 1 fully saturated rings. The zero-order valence-electron chi connectivity index (χ0n) is 56.0. The number of carbonyl (C=O) groups excluding carboxylic acids is 10. The number of nitrogens with zero attached hydrogens (tertiary/aromatic N) is 5. The number of methoxy groups -OCH3 is 1. The van der Waals surface area contributed by atoms with Crippen molar-refractivity contribution in [2.75, 3.05) is 52.1 Å². The summed E-state index contributed by atoms with van der Waals surface area (Å²) in [7, 11) is 1.40. The number of carbonyl (C=O) groups is 12. The summed E-state index contributed by atoms with van der Waals surface area (Å²) in [6, 6.07) is -7.22. The van der Waals surface area contributed by atoms with Crippen LogP contribution in [0.5, 0.6) is 5.75 Å². The highest BCUT2D eigenvalue weighted by atomic mass is 32.1. The second-order valence-electron chi connectivity index (χ2n) is 23.4. The maximum absolute atomic E-state index is 14.5. The van der Waals surface area contributed by atoms with Crippen molar-refractivity contribution in [3.05, 3.63) is 48.0 Å². The number of rotatable bonds is 46. The summed E-state index contributed by atoms with van der Waals surface area (Å²) in [5, 5.41) is 44.5. The number of guanidine groups is 4. The number of H-pyrrole nitrogens is 1. The zero-order chi connectivity index (χ0) is 75.2. The number of nitrogens with two attached hydrogens (primary N) is 9. The van der Waals surface area contributed by atoms with Gasteiger partial charge in [-0.1, -0.05) is 31.4 Å². The van der Waals surface area contributed by atoms with Gasteiger partial charge in [0.15, 0.2) is 23.8 Å². The van der Waals surface area contributed by atoms with Crippen molar-refractivity contribution in [1.29, 1.82) is 0 Å².